The number of esters is 1. The first kappa shape index (κ1) is 14.8. The number of carbonyl (C=O) groups excluding carboxylic acids is 1. The molecule has 1 heterocycles. The molecule has 5 nitrogen and oxygen atoms in total. The van der Waals surface area contributed by atoms with Crippen molar-refractivity contribution in [2.45, 2.75) is 26.2 Å². The summed E-state index contributed by atoms with van der Waals surface area (Å²) in [5.74, 6) is 0.282. The summed E-state index contributed by atoms with van der Waals surface area (Å²) in [7, 11) is 4.60. The van der Waals surface area contributed by atoms with Gasteiger partial charge in [-0.3, -0.25) is 0 Å². The molecule has 0 saturated carbocycles. The van der Waals surface area contributed by atoms with Gasteiger partial charge in [-0.2, -0.15) is 0 Å². The largest absolute Gasteiger partial charge is 0.465 e. The lowest BCUT2D eigenvalue weighted by molar-refractivity contribution is -0.187. The second-order valence-corrected chi connectivity index (χ2v) is 5.37. The van der Waals surface area contributed by atoms with Gasteiger partial charge in [0.2, 0.25) is 6.29 Å². The quantitative estimate of drug-likeness (QED) is 0.796. The third-order valence-electron chi connectivity index (χ3n) is 3.68. The lowest BCUT2D eigenvalue weighted by Gasteiger charge is -2.43. The minimum atomic E-state index is -0.413. The minimum absolute atomic E-state index is 0.235. The van der Waals surface area contributed by atoms with Crippen molar-refractivity contribution in [3.05, 3.63) is 29.3 Å². The van der Waals surface area contributed by atoms with Gasteiger partial charge in [-0.05, 0) is 18.2 Å². The Morgan fingerprint density at radius 3 is 2.45 bits per heavy atom. The zero-order chi connectivity index (χ0) is 14.9. The highest BCUT2D eigenvalue weighted by molar-refractivity contribution is 5.89. The van der Waals surface area contributed by atoms with E-state index in [0.29, 0.717) is 11.3 Å². The van der Waals surface area contributed by atoms with Crippen LogP contribution < -0.4 is 4.74 Å². The molecule has 0 aromatic heterocycles. The minimum Gasteiger partial charge on any atom is -0.465 e. The van der Waals surface area contributed by atoms with E-state index in [0.717, 1.165) is 5.56 Å². The number of methoxy groups -OCH3 is 3. The lowest BCUT2D eigenvalue weighted by Crippen LogP contribution is -2.45. The molecule has 1 aromatic rings. The van der Waals surface area contributed by atoms with Crippen LogP contribution in [0.2, 0.25) is 0 Å². The molecule has 0 saturated heterocycles. The smallest absolute Gasteiger partial charge is 0.337 e. The Labute approximate surface area is 118 Å². The van der Waals surface area contributed by atoms with E-state index in [1.54, 1.807) is 32.4 Å². The molecule has 2 atom stereocenters. The van der Waals surface area contributed by atoms with E-state index in [2.05, 4.69) is 0 Å². The van der Waals surface area contributed by atoms with Crippen molar-refractivity contribution in [3.8, 4) is 5.75 Å². The average molecular weight is 280 g/mol. The SMILES string of the molecule is COC(=O)c1ccc2c(c1)[C@@H](OC)C(C)(C)[C@H](OC)O2. The van der Waals surface area contributed by atoms with Crippen molar-refractivity contribution in [3.63, 3.8) is 0 Å². The molecule has 1 aliphatic rings. The molecule has 110 valence electrons. The highest BCUT2D eigenvalue weighted by atomic mass is 16.7. The number of benzene rings is 1. The van der Waals surface area contributed by atoms with Crippen LogP contribution in [0, 0.1) is 5.41 Å². The predicted octanol–water partition coefficient (Wildman–Crippen LogP) is 2.55. The molecule has 1 aliphatic heterocycles. The van der Waals surface area contributed by atoms with Crippen LogP contribution >= 0.6 is 0 Å². The third kappa shape index (κ3) is 2.27. The standard InChI is InChI=1S/C15H20O5/c1-15(2)12(17-3)10-8-9(13(16)18-4)6-7-11(10)20-14(15)19-5/h6-8,12,14H,1-5H3/t12-,14-/m1/s1. The van der Waals surface area contributed by atoms with Crippen LogP contribution in [-0.2, 0) is 14.2 Å². The Morgan fingerprint density at radius 1 is 1.20 bits per heavy atom. The molecule has 0 N–H and O–H groups in total. The van der Waals surface area contributed by atoms with Crippen LogP contribution in [0.15, 0.2) is 18.2 Å². The Hall–Kier alpha value is -1.59. The number of hydrogen-bond donors (Lipinski definition) is 0. The molecule has 5 heteroatoms. The molecule has 0 radical (unpaired) electrons. The second-order valence-electron chi connectivity index (χ2n) is 5.37. The Bertz CT molecular complexity index is 509. The molecule has 0 aliphatic carbocycles. The second kappa shape index (κ2) is 5.42. The molecule has 0 fully saturated rings. The average Bonchev–Trinajstić information content (AvgIpc) is 2.44. The van der Waals surface area contributed by atoms with Gasteiger partial charge in [-0.1, -0.05) is 13.8 Å². The van der Waals surface area contributed by atoms with E-state index in [-0.39, 0.29) is 17.5 Å². The maximum absolute atomic E-state index is 11.6. The lowest BCUT2D eigenvalue weighted by atomic mass is 9.79. The van der Waals surface area contributed by atoms with Crippen molar-refractivity contribution >= 4 is 5.97 Å². The first-order valence-corrected chi connectivity index (χ1v) is 6.40. The van der Waals surface area contributed by atoms with Gasteiger partial charge in [0.25, 0.3) is 0 Å². The molecular weight excluding hydrogens is 260 g/mol. The molecular formula is C15H20O5. The van der Waals surface area contributed by atoms with Gasteiger partial charge in [0.1, 0.15) is 5.75 Å². The Kier molecular flexibility index (Phi) is 4.01. The molecule has 20 heavy (non-hydrogen) atoms. The van der Waals surface area contributed by atoms with Gasteiger partial charge in [-0.15, -0.1) is 0 Å². The van der Waals surface area contributed by atoms with Crippen LogP contribution in [0.1, 0.15) is 35.9 Å². The van der Waals surface area contributed by atoms with Gasteiger partial charge in [-0.25, -0.2) is 4.79 Å². The molecule has 0 amide bonds. The van der Waals surface area contributed by atoms with E-state index in [4.69, 9.17) is 18.9 Å². The summed E-state index contributed by atoms with van der Waals surface area (Å²) in [4.78, 5) is 11.6. The molecule has 2 rings (SSSR count). The maximum Gasteiger partial charge on any atom is 0.337 e. The Balaban J connectivity index is 2.50. The third-order valence-corrected chi connectivity index (χ3v) is 3.68. The normalized spacial score (nSPS) is 23.6. The first-order chi connectivity index (χ1) is 9.45. The van der Waals surface area contributed by atoms with Gasteiger partial charge in [0.15, 0.2) is 0 Å². The van der Waals surface area contributed by atoms with Gasteiger partial charge < -0.3 is 18.9 Å². The molecule has 0 bridgehead atoms. The van der Waals surface area contributed by atoms with Gasteiger partial charge in [0.05, 0.1) is 24.2 Å². The fourth-order valence-electron chi connectivity index (χ4n) is 2.68. The highest BCUT2D eigenvalue weighted by Gasteiger charge is 2.46. The Morgan fingerprint density at radius 2 is 1.90 bits per heavy atom. The molecule has 1 aromatic carbocycles. The van der Waals surface area contributed by atoms with Crippen molar-refractivity contribution in [2.75, 3.05) is 21.3 Å². The van der Waals surface area contributed by atoms with Crippen molar-refractivity contribution in [1.82, 2.24) is 0 Å². The van der Waals surface area contributed by atoms with E-state index in [1.165, 1.54) is 7.11 Å². The van der Waals surface area contributed by atoms with E-state index in [9.17, 15) is 4.79 Å². The fourth-order valence-corrected chi connectivity index (χ4v) is 2.68. The van der Waals surface area contributed by atoms with E-state index < -0.39 is 6.29 Å². The number of ether oxygens (including phenoxy) is 4. The summed E-state index contributed by atoms with van der Waals surface area (Å²) in [6, 6.07) is 5.17. The number of fused-ring (bicyclic) bond motifs is 1. The molecule has 0 spiro atoms. The van der Waals surface area contributed by atoms with Crippen LogP contribution in [-0.4, -0.2) is 33.6 Å². The van der Waals surface area contributed by atoms with Crippen LogP contribution in [0.4, 0.5) is 0 Å². The van der Waals surface area contributed by atoms with Crippen molar-refractivity contribution in [2.24, 2.45) is 5.41 Å². The molecule has 0 unspecified atom stereocenters. The number of rotatable bonds is 3. The maximum atomic E-state index is 11.6. The summed E-state index contributed by atoms with van der Waals surface area (Å²) in [5.41, 5.74) is 0.919. The zero-order valence-corrected chi connectivity index (χ0v) is 12.4. The van der Waals surface area contributed by atoms with Crippen LogP contribution in [0.5, 0.6) is 5.75 Å². The van der Waals surface area contributed by atoms with Crippen molar-refractivity contribution in [1.29, 1.82) is 0 Å². The first-order valence-electron chi connectivity index (χ1n) is 6.40. The predicted molar refractivity (Wildman–Crippen MR) is 72.7 cm³/mol. The summed E-state index contributed by atoms with van der Waals surface area (Å²) in [6.45, 7) is 4.01. The van der Waals surface area contributed by atoms with Gasteiger partial charge >= 0.3 is 5.97 Å². The monoisotopic (exact) mass is 280 g/mol. The van der Waals surface area contributed by atoms with E-state index >= 15 is 0 Å². The number of hydrogen-bond acceptors (Lipinski definition) is 5. The topological polar surface area (TPSA) is 54.0 Å². The summed E-state index contributed by atoms with van der Waals surface area (Å²) >= 11 is 0. The summed E-state index contributed by atoms with van der Waals surface area (Å²) in [6.07, 6.45) is -0.648. The number of carbonyl (C=O) groups is 1. The summed E-state index contributed by atoms with van der Waals surface area (Å²) in [5, 5.41) is 0. The summed E-state index contributed by atoms with van der Waals surface area (Å²) < 4.78 is 21.6. The van der Waals surface area contributed by atoms with Crippen LogP contribution in [0.3, 0.4) is 0 Å². The van der Waals surface area contributed by atoms with Gasteiger partial charge in [0, 0.05) is 19.8 Å². The zero-order valence-electron chi connectivity index (χ0n) is 12.4. The van der Waals surface area contributed by atoms with Crippen LogP contribution in [0.25, 0.3) is 0 Å². The highest BCUT2D eigenvalue weighted by Crippen LogP contribution is 2.48. The van der Waals surface area contributed by atoms with Crippen molar-refractivity contribution < 1.29 is 23.7 Å². The van der Waals surface area contributed by atoms with E-state index in [1.807, 2.05) is 13.8 Å². The fraction of sp³-hybridized carbons (Fsp3) is 0.533.